The third-order valence-corrected chi connectivity index (χ3v) is 4.70. The number of nitrogens with one attached hydrogen (secondary N) is 1. The van der Waals surface area contributed by atoms with Crippen molar-refractivity contribution in [3.05, 3.63) is 29.8 Å². The molecule has 1 N–H and O–H groups in total. The zero-order valence-electron chi connectivity index (χ0n) is 10.6. The van der Waals surface area contributed by atoms with Crippen molar-refractivity contribution in [3.63, 3.8) is 0 Å². The molecule has 0 aliphatic carbocycles. The lowest BCUT2D eigenvalue weighted by Crippen LogP contribution is -2.28. The summed E-state index contributed by atoms with van der Waals surface area (Å²) in [7, 11) is -1.76. The summed E-state index contributed by atoms with van der Waals surface area (Å²) >= 11 is 0. The minimum Gasteiger partial charge on any atom is -0.313 e. The highest BCUT2D eigenvalue weighted by Crippen LogP contribution is 2.18. The van der Waals surface area contributed by atoms with E-state index in [0.29, 0.717) is 18.0 Å². The first-order chi connectivity index (χ1) is 8.04. The Morgan fingerprint density at radius 3 is 2.47 bits per heavy atom. The molecule has 0 spiro atoms. The molecule has 17 heavy (non-hydrogen) atoms. The Morgan fingerprint density at radius 1 is 1.24 bits per heavy atom. The summed E-state index contributed by atoms with van der Waals surface area (Å²) < 4.78 is 25.8. The van der Waals surface area contributed by atoms with Gasteiger partial charge in [0.25, 0.3) is 0 Å². The number of nitrogens with zero attached hydrogens (tertiary/aromatic N) is 1. The average Bonchev–Trinajstić information content (AvgIpc) is 2.35. The number of benzene rings is 1. The summed E-state index contributed by atoms with van der Waals surface area (Å²) in [6.45, 7) is 5.68. The third-order valence-electron chi connectivity index (χ3n) is 2.67. The first-order valence-electron chi connectivity index (χ1n) is 5.79. The van der Waals surface area contributed by atoms with E-state index in [9.17, 15) is 8.42 Å². The Morgan fingerprint density at radius 2 is 1.88 bits per heavy atom. The quantitative estimate of drug-likeness (QED) is 0.838. The molecule has 5 heteroatoms. The van der Waals surface area contributed by atoms with Crippen molar-refractivity contribution in [1.29, 1.82) is 0 Å². The van der Waals surface area contributed by atoms with Gasteiger partial charge in [0, 0.05) is 20.1 Å². The second-order valence-corrected chi connectivity index (χ2v) is 5.82. The van der Waals surface area contributed by atoms with Gasteiger partial charge in [-0.3, -0.25) is 0 Å². The molecule has 0 aliphatic rings. The fourth-order valence-corrected chi connectivity index (χ4v) is 2.90. The van der Waals surface area contributed by atoms with Crippen molar-refractivity contribution in [2.75, 3.05) is 20.1 Å². The van der Waals surface area contributed by atoms with Gasteiger partial charge in [-0.25, -0.2) is 12.7 Å². The monoisotopic (exact) mass is 256 g/mol. The summed E-state index contributed by atoms with van der Waals surface area (Å²) in [6, 6.07) is 7.12. The molecule has 0 bridgehead atoms. The summed E-state index contributed by atoms with van der Waals surface area (Å²) in [5.74, 6) is 0. The van der Waals surface area contributed by atoms with Crippen LogP contribution in [0.15, 0.2) is 29.2 Å². The fourth-order valence-electron chi connectivity index (χ4n) is 1.50. The maximum Gasteiger partial charge on any atom is 0.243 e. The van der Waals surface area contributed by atoms with Gasteiger partial charge in [0.15, 0.2) is 0 Å². The van der Waals surface area contributed by atoms with E-state index in [1.165, 1.54) is 4.31 Å². The highest BCUT2D eigenvalue weighted by Gasteiger charge is 2.21. The fraction of sp³-hybridized carbons (Fsp3) is 0.500. The maximum absolute atomic E-state index is 12.2. The van der Waals surface area contributed by atoms with E-state index in [-0.39, 0.29) is 0 Å². The smallest absolute Gasteiger partial charge is 0.243 e. The predicted octanol–water partition coefficient (Wildman–Crippen LogP) is 1.44. The third kappa shape index (κ3) is 3.28. The van der Waals surface area contributed by atoms with Crippen molar-refractivity contribution in [3.8, 4) is 0 Å². The molecular weight excluding hydrogens is 236 g/mol. The minimum atomic E-state index is -3.36. The van der Waals surface area contributed by atoms with Gasteiger partial charge in [-0.1, -0.05) is 32.0 Å². The molecule has 0 aromatic heterocycles. The van der Waals surface area contributed by atoms with E-state index < -0.39 is 10.0 Å². The molecular formula is C12H20N2O2S. The molecule has 0 saturated heterocycles. The molecule has 4 nitrogen and oxygen atoms in total. The van der Waals surface area contributed by atoms with Crippen LogP contribution in [-0.4, -0.2) is 32.9 Å². The van der Waals surface area contributed by atoms with Crippen LogP contribution in [0.1, 0.15) is 19.4 Å². The van der Waals surface area contributed by atoms with E-state index in [2.05, 4.69) is 5.32 Å². The molecule has 0 atom stereocenters. The molecule has 96 valence electrons. The Balaban J connectivity index is 3.13. The van der Waals surface area contributed by atoms with Crippen LogP contribution in [0.2, 0.25) is 0 Å². The lowest BCUT2D eigenvalue weighted by Gasteiger charge is -2.17. The van der Waals surface area contributed by atoms with E-state index in [1.54, 1.807) is 19.2 Å². The number of rotatable bonds is 6. The number of sulfonamides is 1. The van der Waals surface area contributed by atoms with Crippen molar-refractivity contribution >= 4 is 10.0 Å². The molecule has 1 aromatic carbocycles. The van der Waals surface area contributed by atoms with Crippen LogP contribution >= 0.6 is 0 Å². The van der Waals surface area contributed by atoms with Gasteiger partial charge in [0.1, 0.15) is 0 Å². The van der Waals surface area contributed by atoms with E-state index in [1.807, 2.05) is 26.0 Å². The van der Waals surface area contributed by atoms with Gasteiger partial charge in [-0.2, -0.15) is 0 Å². The highest BCUT2D eigenvalue weighted by molar-refractivity contribution is 7.89. The molecule has 1 aromatic rings. The lowest BCUT2D eigenvalue weighted by molar-refractivity contribution is 0.485. The topological polar surface area (TPSA) is 49.4 Å². The van der Waals surface area contributed by atoms with Gasteiger partial charge in [-0.15, -0.1) is 0 Å². The Labute approximate surface area is 104 Å². The van der Waals surface area contributed by atoms with Gasteiger partial charge >= 0.3 is 0 Å². The van der Waals surface area contributed by atoms with Crippen LogP contribution in [0.3, 0.4) is 0 Å². The zero-order valence-corrected chi connectivity index (χ0v) is 11.4. The first-order valence-corrected chi connectivity index (χ1v) is 7.23. The van der Waals surface area contributed by atoms with Crippen LogP contribution in [0.5, 0.6) is 0 Å². The Kier molecular flexibility index (Phi) is 5.11. The molecule has 0 heterocycles. The molecule has 0 amide bonds. The lowest BCUT2D eigenvalue weighted by atomic mass is 10.2. The first kappa shape index (κ1) is 14.2. The average molecular weight is 256 g/mol. The molecule has 0 saturated carbocycles. The Hall–Kier alpha value is -0.910. The van der Waals surface area contributed by atoms with Crippen molar-refractivity contribution < 1.29 is 8.42 Å². The number of hydrogen-bond donors (Lipinski definition) is 1. The standard InChI is InChI=1S/C12H20N2O2S/c1-4-13-10-11-8-6-7-9-12(11)17(15,16)14(3)5-2/h6-9,13H,4-5,10H2,1-3H3. The van der Waals surface area contributed by atoms with Crippen LogP contribution in [-0.2, 0) is 16.6 Å². The summed E-state index contributed by atoms with van der Waals surface area (Å²) in [4.78, 5) is 0.394. The van der Waals surface area contributed by atoms with Gasteiger partial charge in [0.2, 0.25) is 10.0 Å². The second-order valence-electron chi connectivity index (χ2n) is 3.81. The molecule has 1 rings (SSSR count). The van der Waals surface area contributed by atoms with Gasteiger partial charge < -0.3 is 5.32 Å². The van der Waals surface area contributed by atoms with Gasteiger partial charge in [-0.05, 0) is 18.2 Å². The predicted molar refractivity (Wildman–Crippen MR) is 69.3 cm³/mol. The normalized spacial score (nSPS) is 12.0. The van der Waals surface area contributed by atoms with E-state index in [4.69, 9.17) is 0 Å². The van der Waals surface area contributed by atoms with E-state index >= 15 is 0 Å². The van der Waals surface area contributed by atoms with Crippen LogP contribution in [0.25, 0.3) is 0 Å². The molecule has 0 radical (unpaired) electrons. The van der Waals surface area contributed by atoms with Crippen molar-refractivity contribution in [1.82, 2.24) is 9.62 Å². The molecule has 0 aliphatic heterocycles. The number of hydrogen-bond acceptors (Lipinski definition) is 3. The maximum atomic E-state index is 12.2. The van der Waals surface area contributed by atoms with Crippen molar-refractivity contribution in [2.45, 2.75) is 25.3 Å². The van der Waals surface area contributed by atoms with Crippen LogP contribution < -0.4 is 5.32 Å². The largest absolute Gasteiger partial charge is 0.313 e. The van der Waals surface area contributed by atoms with Crippen LogP contribution in [0.4, 0.5) is 0 Å². The van der Waals surface area contributed by atoms with Crippen molar-refractivity contribution in [2.24, 2.45) is 0 Å². The highest BCUT2D eigenvalue weighted by atomic mass is 32.2. The minimum absolute atomic E-state index is 0.394. The SMILES string of the molecule is CCNCc1ccccc1S(=O)(=O)N(C)CC. The summed E-state index contributed by atoms with van der Waals surface area (Å²) in [5, 5.41) is 3.15. The molecule has 0 unspecified atom stereocenters. The van der Waals surface area contributed by atoms with E-state index in [0.717, 1.165) is 12.1 Å². The zero-order chi connectivity index (χ0) is 12.9. The summed E-state index contributed by atoms with van der Waals surface area (Å²) in [6.07, 6.45) is 0. The molecule has 0 fully saturated rings. The summed E-state index contributed by atoms with van der Waals surface area (Å²) in [5.41, 5.74) is 0.814. The van der Waals surface area contributed by atoms with Crippen LogP contribution in [0, 0.1) is 0 Å². The Bertz CT molecular complexity index is 457. The second kappa shape index (κ2) is 6.14. The van der Waals surface area contributed by atoms with Gasteiger partial charge in [0.05, 0.1) is 4.90 Å².